The number of para-hydroxylation sites is 1. The van der Waals surface area contributed by atoms with Crippen LogP contribution in [0.2, 0.25) is 0 Å². The molecule has 0 saturated heterocycles. The molecule has 98 valence electrons. The number of aryl methyl sites for hydroxylation is 1. The highest BCUT2D eigenvalue weighted by molar-refractivity contribution is 5.83. The highest BCUT2D eigenvalue weighted by atomic mass is 14.9. The minimum absolute atomic E-state index is 0.770. The summed E-state index contributed by atoms with van der Waals surface area (Å²) in [5.41, 5.74) is 5.60. The molecule has 1 aromatic carbocycles. The summed E-state index contributed by atoms with van der Waals surface area (Å²) in [4.78, 5) is 4.89. The van der Waals surface area contributed by atoms with Crippen LogP contribution in [0.15, 0.2) is 24.3 Å². The maximum absolute atomic E-state index is 4.89. The van der Waals surface area contributed by atoms with E-state index < -0.39 is 0 Å². The Labute approximate surface area is 114 Å². The molecule has 0 amide bonds. The third kappa shape index (κ3) is 2.14. The molecule has 1 aromatic heterocycles. The van der Waals surface area contributed by atoms with Crippen molar-refractivity contribution in [2.24, 2.45) is 0 Å². The number of nitrogens with zero attached hydrogens (tertiary/aromatic N) is 1. The van der Waals surface area contributed by atoms with Gasteiger partial charge in [0, 0.05) is 23.7 Å². The van der Waals surface area contributed by atoms with Crippen LogP contribution in [0.5, 0.6) is 0 Å². The lowest BCUT2D eigenvalue weighted by Crippen LogP contribution is -2.19. The summed E-state index contributed by atoms with van der Waals surface area (Å²) < 4.78 is 0. The lowest BCUT2D eigenvalue weighted by molar-refractivity contribution is 0.642. The fourth-order valence-electron chi connectivity index (χ4n) is 3.21. The van der Waals surface area contributed by atoms with Gasteiger partial charge in [-0.05, 0) is 55.7 Å². The summed E-state index contributed by atoms with van der Waals surface area (Å²) in [6.07, 6.45) is 7.71. The predicted octanol–water partition coefficient (Wildman–Crippen LogP) is 3.37. The molecule has 1 saturated carbocycles. The number of rotatable bonds is 3. The highest BCUT2D eigenvalue weighted by Crippen LogP contribution is 2.30. The average Bonchev–Trinajstić information content (AvgIpc) is 3.27. The number of aromatic nitrogens is 1. The molecule has 1 fully saturated rings. The van der Waals surface area contributed by atoms with Crippen molar-refractivity contribution < 1.29 is 0 Å². The summed E-state index contributed by atoms with van der Waals surface area (Å²) in [6.45, 7) is 1.02. The Kier molecular flexibility index (Phi) is 2.77. The molecule has 1 heterocycles. The number of hydrogen-bond donors (Lipinski definition) is 1. The maximum Gasteiger partial charge on any atom is 0.0708 e. The van der Waals surface area contributed by atoms with Gasteiger partial charge in [-0.2, -0.15) is 0 Å². The fourth-order valence-corrected chi connectivity index (χ4v) is 3.21. The van der Waals surface area contributed by atoms with Crippen LogP contribution in [0.1, 0.15) is 42.5 Å². The van der Waals surface area contributed by atoms with E-state index in [0.29, 0.717) is 0 Å². The van der Waals surface area contributed by atoms with Gasteiger partial charge in [-0.25, -0.2) is 0 Å². The monoisotopic (exact) mass is 252 g/mol. The molecular formula is C17H20N2. The summed E-state index contributed by atoms with van der Waals surface area (Å²) in [5.74, 6) is 0. The fraction of sp³-hybridized carbons (Fsp3) is 0.471. The van der Waals surface area contributed by atoms with Crippen molar-refractivity contribution in [2.75, 3.05) is 0 Å². The van der Waals surface area contributed by atoms with Crippen LogP contribution in [-0.2, 0) is 19.4 Å². The Morgan fingerprint density at radius 3 is 2.84 bits per heavy atom. The molecule has 4 rings (SSSR count). The van der Waals surface area contributed by atoms with E-state index in [1.54, 1.807) is 0 Å². The van der Waals surface area contributed by atoms with E-state index in [-0.39, 0.29) is 0 Å². The zero-order valence-electron chi connectivity index (χ0n) is 11.3. The minimum atomic E-state index is 0.770. The van der Waals surface area contributed by atoms with Crippen LogP contribution < -0.4 is 5.32 Å². The second kappa shape index (κ2) is 4.61. The predicted molar refractivity (Wildman–Crippen MR) is 78.2 cm³/mol. The zero-order chi connectivity index (χ0) is 12.7. The summed E-state index contributed by atoms with van der Waals surface area (Å²) >= 11 is 0. The molecule has 19 heavy (non-hydrogen) atoms. The van der Waals surface area contributed by atoms with Gasteiger partial charge in [-0.3, -0.25) is 4.98 Å². The SMILES string of the molecule is c1ccc2c(CNC3CC3)c3c(nc2c1)CCCC3. The standard InChI is InChI=1S/C17H20N2/c1-3-7-16-13(5-1)15(11-18-12-9-10-12)14-6-2-4-8-17(14)19-16/h1,3,5,7,12,18H,2,4,6,8-11H2. The van der Waals surface area contributed by atoms with E-state index in [2.05, 4.69) is 29.6 Å². The van der Waals surface area contributed by atoms with Crippen LogP contribution in [0, 0.1) is 0 Å². The molecule has 2 nitrogen and oxygen atoms in total. The third-order valence-electron chi connectivity index (χ3n) is 4.43. The number of hydrogen-bond acceptors (Lipinski definition) is 2. The van der Waals surface area contributed by atoms with Crippen LogP contribution in [0.4, 0.5) is 0 Å². The van der Waals surface area contributed by atoms with E-state index in [1.165, 1.54) is 59.8 Å². The molecule has 1 N–H and O–H groups in total. The van der Waals surface area contributed by atoms with Crippen molar-refractivity contribution in [3.63, 3.8) is 0 Å². The van der Waals surface area contributed by atoms with Gasteiger partial charge in [0.1, 0.15) is 0 Å². The van der Waals surface area contributed by atoms with Gasteiger partial charge in [-0.1, -0.05) is 18.2 Å². The van der Waals surface area contributed by atoms with Gasteiger partial charge >= 0.3 is 0 Å². The second-order valence-corrected chi connectivity index (χ2v) is 5.90. The van der Waals surface area contributed by atoms with Crippen molar-refractivity contribution in [2.45, 2.75) is 51.1 Å². The summed E-state index contributed by atoms with van der Waals surface area (Å²) in [6, 6.07) is 9.40. The largest absolute Gasteiger partial charge is 0.310 e. The molecule has 0 aliphatic heterocycles. The summed E-state index contributed by atoms with van der Waals surface area (Å²) in [5, 5.41) is 5.05. The van der Waals surface area contributed by atoms with E-state index in [1.807, 2.05) is 0 Å². The molecule has 0 bridgehead atoms. The Morgan fingerprint density at radius 2 is 1.95 bits per heavy atom. The van der Waals surface area contributed by atoms with Gasteiger partial charge in [0.05, 0.1) is 5.52 Å². The normalized spacial score (nSPS) is 18.5. The topological polar surface area (TPSA) is 24.9 Å². The second-order valence-electron chi connectivity index (χ2n) is 5.90. The molecule has 0 unspecified atom stereocenters. The van der Waals surface area contributed by atoms with Crippen molar-refractivity contribution in [3.05, 3.63) is 41.1 Å². The first-order valence-corrected chi connectivity index (χ1v) is 7.54. The van der Waals surface area contributed by atoms with Gasteiger partial charge in [0.25, 0.3) is 0 Å². The Balaban J connectivity index is 1.84. The van der Waals surface area contributed by atoms with E-state index in [0.717, 1.165) is 19.0 Å². The first-order chi connectivity index (χ1) is 9.42. The third-order valence-corrected chi connectivity index (χ3v) is 4.43. The van der Waals surface area contributed by atoms with E-state index in [9.17, 15) is 0 Å². The number of fused-ring (bicyclic) bond motifs is 2. The molecule has 0 radical (unpaired) electrons. The van der Waals surface area contributed by atoms with E-state index >= 15 is 0 Å². The lowest BCUT2D eigenvalue weighted by atomic mass is 9.90. The first-order valence-electron chi connectivity index (χ1n) is 7.54. The maximum atomic E-state index is 4.89. The van der Waals surface area contributed by atoms with Crippen LogP contribution in [-0.4, -0.2) is 11.0 Å². The first kappa shape index (κ1) is 11.4. The van der Waals surface area contributed by atoms with Crippen LogP contribution >= 0.6 is 0 Å². The smallest absolute Gasteiger partial charge is 0.0708 e. The molecular weight excluding hydrogens is 232 g/mol. The summed E-state index contributed by atoms with van der Waals surface area (Å²) in [7, 11) is 0. The quantitative estimate of drug-likeness (QED) is 0.906. The Bertz CT molecular complexity index is 614. The lowest BCUT2D eigenvalue weighted by Gasteiger charge is -2.21. The molecule has 2 heteroatoms. The van der Waals surface area contributed by atoms with E-state index in [4.69, 9.17) is 4.98 Å². The number of pyridine rings is 1. The van der Waals surface area contributed by atoms with Crippen LogP contribution in [0.25, 0.3) is 10.9 Å². The van der Waals surface area contributed by atoms with Gasteiger partial charge in [0.15, 0.2) is 0 Å². The highest BCUT2D eigenvalue weighted by Gasteiger charge is 2.22. The number of benzene rings is 1. The van der Waals surface area contributed by atoms with Crippen molar-refractivity contribution in [1.82, 2.24) is 10.3 Å². The van der Waals surface area contributed by atoms with Crippen molar-refractivity contribution in [1.29, 1.82) is 0 Å². The Hall–Kier alpha value is -1.41. The van der Waals surface area contributed by atoms with Crippen molar-refractivity contribution in [3.8, 4) is 0 Å². The molecule has 0 spiro atoms. The molecule has 0 atom stereocenters. The van der Waals surface area contributed by atoms with Gasteiger partial charge < -0.3 is 5.32 Å². The zero-order valence-corrected chi connectivity index (χ0v) is 11.3. The molecule has 2 aromatic rings. The van der Waals surface area contributed by atoms with Crippen LogP contribution in [0.3, 0.4) is 0 Å². The number of nitrogens with one attached hydrogen (secondary N) is 1. The van der Waals surface area contributed by atoms with Gasteiger partial charge in [0.2, 0.25) is 0 Å². The minimum Gasteiger partial charge on any atom is -0.310 e. The molecule has 2 aliphatic rings. The Morgan fingerprint density at radius 1 is 1.11 bits per heavy atom. The van der Waals surface area contributed by atoms with Crippen molar-refractivity contribution >= 4 is 10.9 Å². The average molecular weight is 252 g/mol. The van der Waals surface area contributed by atoms with Gasteiger partial charge in [-0.15, -0.1) is 0 Å². The molecule has 2 aliphatic carbocycles.